The Labute approximate surface area is 163 Å². The zero-order valence-electron chi connectivity index (χ0n) is 15.9. The molecule has 26 heavy (non-hydrogen) atoms. The molecule has 0 N–H and O–H groups in total. The van der Waals surface area contributed by atoms with Crippen molar-refractivity contribution in [3.8, 4) is 0 Å². The predicted molar refractivity (Wildman–Crippen MR) is 109 cm³/mol. The van der Waals surface area contributed by atoms with E-state index in [2.05, 4.69) is 18.5 Å². The van der Waals surface area contributed by atoms with Crippen LogP contribution in [-0.2, 0) is 10.0 Å². The second-order valence-electron chi connectivity index (χ2n) is 7.47. The van der Waals surface area contributed by atoms with Crippen LogP contribution < -0.4 is 0 Å². The fourth-order valence-electron chi connectivity index (χ4n) is 3.71. The van der Waals surface area contributed by atoms with E-state index in [-0.39, 0.29) is 0 Å². The molecule has 146 valence electrons. The first-order valence-electron chi connectivity index (χ1n) is 9.34. The number of hydrogen-bond donors (Lipinski definition) is 0. The molecule has 1 aliphatic carbocycles. The lowest BCUT2D eigenvalue weighted by atomic mass is 9.80. The number of hydrogen-bond acceptors (Lipinski definition) is 3. The number of halogens is 1. The highest BCUT2D eigenvalue weighted by Crippen LogP contribution is 2.31. The average Bonchev–Trinajstić information content (AvgIpc) is 2.61. The van der Waals surface area contributed by atoms with Crippen molar-refractivity contribution in [3.63, 3.8) is 0 Å². The van der Waals surface area contributed by atoms with E-state index in [9.17, 15) is 8.42 Å². The second-order valence-corrected chi connectivity index (χ2v) is 9.95. The van der Waals surface area contributed by atoms with Gasteiger partial charge in [0.25, 0.3) is 0 Å². The van der Waals surface area contributed by atoms with Crippen molar-refractivity contribution in [2.45, 2.75) is 37.0 Å². The fourth-order valence-corrected chi connectivity index (χ4v) is 5.02. The Kier molecular flexibility index (Phi) is 8.14. The third kappa shape index (κ3) is 6.08. The summed E-state index contributed by atoms with van der Waals surface area (Å²) in [6.45, 7) is 6.42. The molecule has 0 aromatic heterocycles. The molecule has 0 bridgehead atoms. The maximum Gasteiger partial charge on any atom is 0.242 e. The maximum absolute atomic E-state index is 12.6. The van der Waals surface area contributed by atoms with E-state index in [1.54, 1.807) is 31.3 Å². The zero-order valence-corrected chi connectivity index (χ0v) is 17.5. The number of nitrogens with zero attached hydrogens (tertiary/aromatic N) is 2. The Hall–Kier alpha value is -0.880. The van der Waals surface area contributed by atoms with Gasteiger partial charge in [-0.1, -0.05) is 30.5 Å². The molecule has 6 heteroatoms. The highest BCUT2D eigenvalue weighted by atomic mass is 35.5. The van der Waals surface area contributed by atoms with Gasteiger partial charge in [-0.05, 0) is 62.4 Å². The van der Waals surface area contributed by atoms with Crippen LogP contribution in [0.1, 0.15) is 32.1 Å². The Balaban J connectivity index is 1.78. The van der Waals surface area contributed by atoms with Crippen LogP contribution >= 0.6 is 11.6 Å². The molecule has 0 atom stereocenters. The molecular weight excluding hydrogens is 368 g/mol. The van der Waals surface area contributed by atoms with Crippen LogP contribution in [0.5, 0.6) is 0 Å². The Morgan fingerprint density at radius 3 is 2.27 bits per heavy atom. The van der Waals surface area contributed by atoms with Gasteiger partial charge in [-0.3, -0.25) is 0 Å². The molecule has 1 aromatic carbocycles. The van der Waals surface area contributed by atoms with Crippen LogP contribution in [0.3, 0.4) is 0 Å². The molecular formula is C20H31ClN2O2S. The van der Waals surface area contributed by atoms with Crippen molar-refractivity contribution >= 4 is 21.6 Å². The largest absolute Gasteiger partial charge is 0.302 e. The van der Waals surface area contributed by atoms with Crippen LogP contribution in [0.25, 0.3) is 0 Å². The van der Waals surface area contributed by atoms with Crippen LogP contribution in [0.4, 0.5) is 0 Å². The van der Waals surface area contributed by atoms with Gasteiger partial charge in [-0.15, -0.1) is 6.58 Å². The van der Waals surface area contributed by atoms with E-state index in [0.717, 1.165) is 25.4 Å². The maximum atomic E-state index is 12.6. The molecule has 0 saturated heterocycles. The first-order chi connectivity index (χ1) is 12.3. The van der Waals surface area contributed by atoms with Crippen molar-refractivity contribution in [2.24, 2.45) is 11.8 Å². The standard InChI is InChI=1S/C20H31ClN2O2S/c1-4-14-22(2)16-18-7-5-17(6-8-18)13-15-23(3)26(24,25)20-11-9-19(21)10-12-20/h4,9-12,17-18H,1,5-8,13-16H2,2-3H3/t17-,18-. The minimum Gasteiger partial charge on any atom is -0.302 e. The van der Waals surface area contributed by atoms with E-state index >= 15 is 0 Å². The third-order valence-corrected chi connectivity index (χ3v) is 7.47. The van der Waals surface area contributed by atoms with Gasteiger partial charge in [-0.2, -0.15) is 0 Å². The van der Waals surface area contributed by atoms with Gasteiger partial charge in [0.2, 0.25) is 10.0 Å². The van der Waals surface area contributed by atoms with Crippen molar-refractivity contribution in [1.29, 1.82) is 0 Å². The summed E-state index contributed by atoms with van der Waals surface area (Å²) >= 11 is 5.85. The molecule has 0 radical (unpaired) electrons. The molecule has 4 nitrogen and oxygen atoms in total. The summed E-state index contributed by atoms with van der Waals surface area (Å²) in [5.41, 5.74) is 0. The Morgan fingerprint density at radius 1 is 1.12 bits per heavy atom. The summed E-state index contributed by atoms with van der Waals surface area (Å²) in [5.74, 6) is 1.38. The van der Waals surface area contributed by atoms with Crippen molar-refractivity contribution in [2.75, 3.05) is 33.7 Å². The summed E-state index contributed by atoms with van der Waals surface area (Å²) in [5, 5.41) is 0.544. The Morgan fingerprint density at radius 2 is 1.69 bits per heavy atom. The topological polar surface area (TPSA) is 40.6 Å². The monoisotopic (exact) mass is 398 g/mol. The van der Waals surface area contributed by atoms with Gasteiger partial charge in [0.1, 0.15) is 0 Å². The van der Waals surface area contributed by atoms with Crippen molar-refractivity contribution < 1.29 is 8.42 Å². The predicted octanol–water partition coefficient (Wildman–Crippen LogP) is 4.27. The first-order valence-corrected chi connectivity index (χ1v) is 11.2. The lowest BCUT2D eigenvalue weighted by Crippen LogP contribution is -2.31. The van der Waals surface area contributed by atoms with Crippen LogP contribution in [0.2, 0.25) is 5.02 Å². The van der Waals surface area contributed by atoms with Gasteiger partial charge < -0.3 is 4.90 Å². The van der Waals surface area contributed by atoms with E-state index < -0.39 is 10.0 Å². The summed E-state index contributed by atoms with van der Waals surface area (Å²) in [7, 11) is 0.379. The summed E-state index contributed by atoms with van der Waals surface area (Å²) in [4.78, 5) is 2.63. The van der Waals surface area contributed by atoms with E-state index in [4.69, 9.17) is 11.6 Å². The molecule has 1 aromatic rings. The zero-order chi connectivity index (χ0) is 19.2. The number of rotatable bonds is 9. The van der Waals surface area contributed by atoms with E-state index in [1.807, 2.05) is 6.08 Å². The smallest absolute Gasteiger partial charge is 0.242 e. The molecule has 1 aliphatic rings. The lowest BCUT2D eigenvalue weighted by Gasteiger charge is -2.31. The molecule has 0 heterocycles. The van der Waals surface area contributed by atoms with Crippen molar-refractivity contribution in [3.05, 3.63) is 41.9 Å². The molecule has 1 saturated carbocycles. The third-order valence-electron chi connectivity index (χ3n) is 5.35. The second kappa shape index (κ2) is 9.88. The highest BCUT2D eigenvalue weighted by molar-refractivity contribution is 7.89. The van der Waals surface area contributed by atoms with Crippen LogP contribution in [-0.4, -0.2) is 51.4 Å². The number of likely N-dealkylation sites (N-methyl/N-ethyl adjacent to an activating group) is 1. The van der Waals surface area contributed by atoms with Crippen LogP contribution in [0, 0.1) is 11.8 Å². The number of sulfonamides is 1. The van der Waals surface area contributed by atoms with E-state index in [1.165, 1.54) is 30.0 Å². The number of benzene rings is 1. The minimum absolute atomic E-state index is 0.304. The van der Waals surface area contributed by atoms with Crippen molar-refractivity contribution in [1.82, 2.24) is 9.21 Å². The summed E-state index contributed by atoms with van der Waals surface area (Å²) < 4.78 is 26.7. The minimum atomic E-state index is -3.43. The molecule has 0 amide bonds. The summed E-state index contributed by atoms with van der Waals surface area (Å²) in [6, 6.07) is 6.37. The summed E-state index contributed by atoms with van der Waals surface area (Å²) in [6.07, 6.45) is 7.74. The molecule has 0 aliphatic heterocycles. The SMILES string of the molecule is C=CCN(C)C[C@H]1CC[C@H](CCN(C)S(=O)(=O)c2ccc(Cl)cc2)CC1. The van der Waals surface area contributed by atoms with Gasteiger partial charge >= 0.3 is 0 Å². The normalized spacial score (nSPS) is 21.3. The van der Waals surface area contributed by atoms with Gasteiger partial charge in [-0.25, -0.2) is 12.7 Å². The fraction of sp³-hybridized carbons (Fsp3) is 0.600. The van der Waals surface area contributed by atoms with Gasteiger partial charge in [0.15, 0.2) is 0 Å². The average molecular weight is 399 g/mol. The van der Waals surface area contributed by atoms with E-state index in [0.29, 0.717) is 22.4 Å². The first kappa shape index (κ1) is 21.4. The molecule has 0 spiro atoms. The quantitative estimate of drug-likeness (QED) is 0.583. The van der Waals surface area contributed by atoms with Gasteiger partial charge in [0, 0.05) is 31.7 Å². The van der Waals surface area contributed by atoms with Crippen LogP contribution in [0.15, 0.2) is 41.8 Å². The molecule has 2 rings (SSSR count). The Bertz CT molecular complexity index is 668. The molecule has 0 unspecified atom stereocenters. The van der Waals surface area contributed by atoms with Gasteiger partial charge in [0.05, 0.1) is 4.90 Å². The molecule has 1 fully saturated rings. The highest BCUT2D eigenvalue weighted by Gasteiger charge is 2.25. The lowest BCUT2D eigenvalue weighted by molar-refractivity contribution is 0.204.